The Morgan fingerprint density at radius 1 is 1.26 bits per heavy atom. The van der Waals surface area contributed by atoms with Crippen molar-refractivity contribution in [3.05, 3.63) is 58.3 Å². The van der Waals surface area contributed by atoms with Crippen LogP contribution >= 0.6 is 11.3 Å². The zero-order valence-corrected chi connectivity index (χ0v) is 15.7. The molecular weight excluding hydrogens is 366 g/mol. The van der Waals surface area contributed by atoms with Gasteiger partial charge >= 0.3 is 5.97 Å². The van der Waals surface area contributed by atoms with Crippen molar-refractivity contribution in [2.75, 3.05) is 0 Å². The van der Waals surface area contributed by atoms with Crippen molar-refractivity contribution in [3.63, 3.8) is 0 Å². The van der Waals surface area contributed by atoms with Crippen molar-refractivity contribution in [2.24, 2.45) is 0 Å². The number of nitrogens with zero attached hydrogens (tertiary/aromatic N) is 2. The number of aliphatic carboxylic acids is 1. The summed E-state index contributed by atoms with van der Waals surface area (Å²) < 4.78 is 5.16. The molecule has 27 heavy (non-hydrogen) atoms. The van der Waals surface area contributed by atoms with Gasteiger partial charge in [-0.15, -0.1) is 11.3 Å². The van der Waals surface area contributed by atoms with Crippen molar-refractivity contribution in [2.45, 2.75) is 32.7 Å². The molecule has 2 heterocycles. The van der Waals surface area contributed by atoms with E-state index >= 15 is 0 Å². The van der Waals surface area contributed by atoms with Crippen LogP contribution in [-0.4, -0.2) is 27.1 Å². The first-order valence-corrected chi connectivity index (χ1v) is 9.28. The smallest absolute Gasteiger partial charge is 0.330 e. The van der Waals surface area contributed by atoms with Gasteiger partial charge in [0.1, 0.15) is 0 Å². The molecule has 1 unspecified atom stereocenters. The van der Waals surface area contributed by atoms with Gasteiger partial charge in [0, 0.05) is 12.8 Å². The molecule has 0 fully saturated rings. The summed E-state index contributed by atoms with van der Waals surface area (Å²) in [6.45, 7) is 3.75. The number of aryl methyl sites for hydroxylation is 2. The summed E-state index contributed by atoms with van der Waals surface area (Å²) in [5.74, 6) is -0.666. The summed E-state index contributed by atoms with van der Waals surface area (Å²) in [5, 5.41) is 17.9. The first-order chi connectivity index (χ1) is 13.0. The van der Waals surface area contributed by atoms with Gasteiger partial charge in [0.2, 0.25) is 17.6 Å². The Labute approximate surface area is 160 Å². The number of rotatable bonds is 7. The molecular formula is C19H19N3O4S. The van der Waals surface area contributed by atoms with Crippen molar-refractivity contribution >= 4 is 23.2 Å². The largest absolute Gasteiger partial charge is 0.479 e. The van der Waals surface area contributed by atoms with E-state index in [1.54, 1.807) is 12.1 Å². The molecule has 7 nitrogen and oxygen atoms in total. The molecule has 0 aliphatic rings. The first-order valence-electron chi connectivity index (χ1n) is 8.40. The summed E-state index contributed by atoms with van der Waals surface area (Å²) in [7, 11) is 0. The average Bonchev–Trinajstić information content (AvgIpc) is 3.31. The summed E-state index contributed by atoms with van der Waals surface area (Å²) >= 11 is 1.50. The number of benzene rings is 1. The molecule has 0 radical (unpaired) electrons. The zero-order chi connectivity index (χ0) is 19.4. The molecule has 0 bridgehead atoms. The number of carboxylic acids is 1. The van der Waals surface area contributed by atoms with E-state index in [1.165, 1.54) is 11.3 Å². The number of amides is 1. The maximum absolute atomic E-state index is 12.3. The highest BCUT2D eigenvalue weighted by Crippen LogP contribution is 2.22. The summed E-state index contributed by atoms with van der Waals surface area (Å²) in [4.78, 5) is 29.1. The van der Waals surface area contributed by atoms with Crippen LogP contribution < -0.4 is 5.32 Å². The van der Waals surface area contributed by atoms with E-state index in [-0.39, 0.29) is 18.7 Å². The van der Waals surface area contributed by atoms with Gasteiger partial charge in [-0.25, -0.2) is 4.79 Å². The molecule has 1 amide bonds. The molecule has 1 atom stereocenters. The molecule has 3 aromatic rings. The molecule has 140 valence electrons. The van der Waals surface area contributed by atoms with Gasteiger partial charge in [-0.2, -0.15) is 4.98 Å². The van der Waals surface area contributed by atoms with Crippen molar-refractivity contribution in [3.8, 4) is 10.7 Å². The molecule has 0 aliphatic carbocycles. The Balaban J connectivity index is 1.63. The first kappa shape index (κ1) is 18.8. The van der Waals surface area contributed by atoms with Crippen LogP contribution in [-0.2, 0) is 16.0 Å². The van der Waals surface area contributed by atoms with E-state index < -0.39 is 12.0 Å². The van der Waals surface area contributed by atoms with Gasteiger partial charge in [-0.3, -0.25) is 4.79 Å². The van der Waals surface area contributed by atoms with Crippen LogP contribution in [0.1, 0.15) is 35.0 Å². The molecule has 2 N–H and O–H groups in total. The highest BCUT2D eigenvalue weighted by Gasteiger charge is 2.24. The van der Waals surface area contributed by atoms with E-state index in [2.05, 4.69) is 15.5 Å². The standard InChI is InChI=1S/C19H19N3O4S/c1-11-5-3-6-13(12(11)2)17(19(24)25)20-15(23)8-9-16-21-18(22-26-16)14-7-4-10-27-14/h3-7,10,17H,8-9H2,1-2H3,(H,20,23)(H,24,25). The SMILES string of the molecule is Cc1cccc(C(NC(=O)CCc2nc(-c3cccs3)no2)C(=O)O)c1C. The van der Waals surface area contributed by atoms with E-state index in [9.17, 15) is 14.7 Å². The number of hydrogen-bond donors (Lipinski definition) is 2. The van der Waals surface area contributed by atoms with Gasteiger partial charge in [-0.1, -0.05) is 29.4 Å². The molecule has 3 rings (SSSR count). The minimum Gasteiger partial charge on any atom is -0.479 e. The zero-order valence-electron chi connectivity index (χ0n) is 14.9. The molecule has 1 aromatic carbocycles. The number of thiophene rings is 1. The van der Waals surface area contributed by atoms with Crippen LogP contribution in [0.4, 0.5) is 0 Å². The lowest BCUT2D eigenvalue weighted by Gasteiger charge is -2.18. The van der Waals surface area contributed by atoms with Crippen LogP contribution in [0.25, 0.3) is 10.7 Å². The van der Waals surface area contributed by atoms with Gasteiger partial charge in [0.15, 0.2) is 6.04 Å². The molecule has 0 spiro atoms. The Morgan fingerprint density at radius 3 is 2.78 bits per heavy atom. The Morgan fingerprint density at radius 2 is 2.07 bits per heavy atom. The summed E-state index contributed by atoms with van der Waals surface area (Å²) in [6.07, 6.45) is 0.296. The number of nitrogens with one attached hydrogen (secondary N) is 1. The minimum absolute atomic E-state index is 0.0563. The Kier molecular flexibility index (Phi) is 5.66. The van der Waals surface area contributed by atoms with Crippen LogP contribution in [0, 0.1) is 13.8 Å². The van der Waals surface area contributed by atoms with Gasteiger partial charge < -0.3 is 14.9 Å². The molecule has 8 heteroatoms. The normalized spacial score (nSPS) is 11.9. The summed E-state index contributed by atoms with van der Waals surface area (Å²) in [6, 6.07) is 8.08. The van der Waals surface area contributed by atoms with Crippen molar-refractivity contribution < 1.29 is 19.2 Å². The van der Waals surface area contributed by atoms with E-state index in [4.69, 9.17) is 4.52 Å². The van der Waals surface area contributed by atoms with Crippen LogP contribution in [0.5, 0.6) is 0 Å². The minimum atomic E-state index is -1.10. The average molecular weight is 385 g/mol. The van der Waals surface area contributed by atoms with E-state index in [1.807, 2.05) is 37.4 Å². The number of carbonyl (C=O) groups excluding carboxylic acids is 1. The highest BCUT2D eigenvalue weighted by atomic mass is 32.1. The molecule has 0 aliphatic heterocycles. The lowest BCUT2D eigenvalue weighted by molar-refractivity contribution is -0.142. The number of hydrogen-bond acceptors (Lipinski definition) is 6. The van der Waals surface area contributed by atoms with Gasteiger partial charge in [-0.05, 0) is 42.0 Å². The van der Waals surface area contributed by atoms with E-state index in [0.717, 1.165) is 16.0 Å². The second-order valence-electron chi connectivity index (χ2n) is 6.12. The van der Waals surface area contributed by atoms with Crippen molar-refractivity contribution in [1.29, 1.82) is 0 Å². The van der Waals surface area contributed by atoms with E-state index in [0.29, 0.717) is 17.3 Å². The second-order valence-corrected chi connectivity index (χ2v) is 7.06. The third kappa shape index (κ3) is 4.40. The Bertz CT molecular complexity index is 950. The van der Waals surface area contributed by atoms with Gasteiger partial charge in [0.05, 0.1) is 4.88 Å². The fourth-order valence-corrected chi connectivity index (χ4v) is 3.32. The maximum atomic E-state index is 12.3. The fraction of sp³-hybridized carbons (Fsp3) is 0.263. The molecule has 2 aromatic heterocycles. The third-order valence-corrected chi connectivity index (χ3v) is 5.15. The number of carbonyl (C=O) groups is 2. The maximum Gasteiger partial charge on any atom is 0.330 e. The van der Waals surface area contributed by atoms with Crippen LogP contribution in [0.2, 0.25) is 0 Å². The predicted octanol–water partition coefficient (Wildman–Crippen LogP) is 3.29. The lowest BCUT2D eigenvalue weighted by Crippen LogP contribution is -2.34. The quantitative estimate of drug-likeness (QED) is 0.646. The molecule has 0 saturated heterocycles. The van der Waals surface area contributed by atoms with Crippen molar-refractivity contribution in [1.82, 2.24) is 15.5 Å². The second kappa shape index (κ2) is 8.13. The van der Waals surface area contributed by atoms with Crippen LogP contribution in [0.3, 0.4) is 0 Å². The lowest BCUT2D eigenvalue weighted by atomic mass is 9.97. The van der Waals surface area contributed by atoms with Gasteiger partial charge in [0.25, 0.3) is 0 Å². The molecule has 0 saturated carbocycles. The fourth-order valence-electron chi connectivity index (χ4n) is 2.67. The topological polar surface area (TPSA) is 105 Å². The van der Waals surface area contributed by atoms with Crippen LogP contribution in [0.15, 0.2) is 40.2 Å². The predicted molar refractivity (Wildman–Crippen MR) is 100 cm³/mol. The number of aromatic nitrogens is 2. The summed E-state index contributed by atoms with van der Waals surface area (Å²) in [5.41, 5.74) is 2.40. The third-order valence-electron chi connectivity index (χ3n) is 4.29. The number of carboxylic acid groups (broad SMARTS) is 1. The monoisotopic (exact) mass is 385 g/mol. The highest BCUT2D eigenvalue weighted by molar-refractivity contribution is 7.13. The Hall–Kier alpha value is -3.00.